The van der Waals surface area contributed by atoms with E-state index in [0.717, 1.165) is 18.4 Å². The smallest absolute Gasteiger partial charge is 0.340 e. The highest BCUT2D eigenvalue weighted by atomic mass is 32.2. The first-order chi connectivity index (χ1) is 13.1. The van der Waals surface area contributed by atoms with Crippen molar-refractivity contribution in [2.24, 2.45) is 0 Å². The molecule has 0 aliphatic carbocycles. The van der Waals surface area contributed by atoms with E-state index < -0.39 is 40.1 Å². The lowest BCUT2D eigenvalue weighted by molar-refractivity contribution is -0.114. The van der Waals surface area contributed by atoms with Gasteiger partial charge in [-0.2, -0.15) is 0 Å². The van der Waals surface area contributed by atoms with E-state index in [0.29, 0.717) is 10.4 Å². The Bertz CT molecular complexity index is 995. The number of benzene rings is 2. The second kappa shape index (κ2) is 8.79. The highest BCUT2D eigenvalue weighted by Crippen LogP contribution is 2.21. The van der Waals surface area contributed by atoms with Gasteiger partial charge in [0, 0.05) is 6.07 Å². The lowest BCUT2D eigenvalue weighted by atomic mass is 10.2. The van der Waals surface area contributed by atoms with Gasteiger partial charge in [-0.1, -0.05) is 12.1 Å². The summed E-state index contributed by atoms with van der Waals surface area (Å²) >= 11 is 0. The largest absolute Gasteiger partial charge is 0.462 e. The van der Waals surface area contributed by atoms with Gasteiger partial charge in [-0.15, -0.1) is 0 Å². The summed E-state index contributed by atoms with van der Waals surface area (Å²) in [6.45, 7) is 1.06. The van der Waals surface area contributed by atoms with Crippen LogP contribution in [0.4, 0.5) is 20.2 Å². The number of carbonyl (C=O) groups excluding carboxylic acids is 2. The van der Waals surface area contributed by atoms with Crippen LogP contribution in [0.5, 0.6) is 0 Å². The number of nitrogens with zero attached hydrogens (tertiary/aromatic N) is 1. The molecule has 0 saturated carbocycles. The van der Waals surface area contributed by atoms with Gasteiger partial charge in [0.15, 0.2) is 11.6 Å². The standard InChI is InChI=1S/C18H18F2N2O5S/c1-3-27-18(24)13-6-4-5-7-16(13)21-17(23)11-22(28(2,25)26)12-8-9-14(19)15(20)10-12/h4-10H,3,11H2,1-2H3,(H,21,23). The minimum Gasteiger partial charge on any atom is -0.462 e. The Morgan fingerprint density at radius 1 is 1.11 bits per heavy atom. The number of nitrogens with one attached hydrogen (secondary N) is 1. The van der Waals surface area contributed by atoms with Crippen LogP contribution in [0.3, 0.4) is 0 Å². The average Bonchev–Trinajstić information content (AvgIpc) is 2.62. The summed E-state index contributed by atoms with van der Waals surface area (Å²) < 4.78 is 56.2. The van der Waals surface area contributed by atoms with Gasteiger partial charge in [-0.05, 0) is 31.2 Å². The number of hydrogen-bond donors (Lipinski definition) is 1. The number of anilines is 2. The molecule has 0 heterocycles. The van der Waals surface area contributed by atoms with Crippen LogP contribution in [0.15, 0.2) is 42.5 Å². The van der Waals surface area contributed by atoms with Crippen LogP contribution in [0, 0.1) is 11.6 Å². The van der Waals surface area contributed by atoms with E-state index in [-0.39, 0.29) is 23.5 Å². The first kappa shape index (κ1) is 21.3. The molecule has 0 aromatic heterocycles. The zero-order valence-electron chi connectivity index (χ0n) is 15.1. The van der Waals surface area contributed by atoms with Crippen molar-refractivity contribution < 1.29 is 31.5 Å². The average molecular weight is 412 g/mol. The Labute approximate surface area is 161 Å². The molecule has 2 aromatic rings. The maximum Gasteiger partial charge on any atom is 0.340 e. The number of carbonyl (C=O) groups is 2. The molecule has 0 atom stereocenters. The summed E-state index contributed by atoms with van der Waals surface area (Å²) in [6.07, 6.45) is 0.827. The van der Waals surface area contributed by atoms with Crippen LogP contribution in [-0.2, 0) is 19.6 Å². The third-order valence-electron chi connectivity index (χ3n) is 3.58. The van der Waals surface area contributed by atoms with E-state index in [2.05, 4.69) is 5.32 Å². The van der Waals surface area contributed by atoms with Crippen molar-refractivity contribution >= 4 is 33.3 Å². The maximum atomic E-state index is 13.5. The summed E-state index contributed by atoms with van der Waals surface area (Å²) in [5, 5.41) is 2.43. The molecule has 2 aromatic carbocycles. The molecule has 7 nitrogen and oxygen atoms in total. The normalized spacial score (nSPS) is 11.0. The van der Waals surface area contributed by atoms with Crippen molar-refractivity contribution in [3.05, 3.63) is 59.7 Å². The van der Waals surface area contributed by atoms with Crippen LogP contribution < -0.4 is 9.62 Å². The minimum absolute atomic E-state index is 0.0939. The summed E-state index contributed by atoms with van der Waals surface area (Å²) in [7, 11) is -3.98. The van der Waals surface area contributed by atoms with Crippen molar-refractivity contribution in [3.63, 3.8) is 0 Å². The molecular formula is C18H18F2N2O5S. The molecule has 0 aliphatic rings. The number of ether oxygens (including phenoxy) is 1. The molecular weight excluding hydrogens is 394 g/mol. The van der Waals surface area contributed by atoms with E-state index >= 15 is 0 Å². The van der Waals surface area contributed by atoms with Gasteiger partial charge in [0.2, 0.25) is 15.9 Å². The minimum atomic E-state index is -3.98. The van der Waals surface area contributed by atoms with Gasteiger partial charge in [-0.3, -0.25) is 9.10 Å². The molecule has 0 aliphatic heterocycles. The van der Waals surface area contributed by atoms with Gasteiger partial charge in [0.1, 0.15) is 6.54 Å². The van der Waals surface area contributed by atoms with Crippen LogP contribution >= 0.6 is 0 Å². The molecule has 1 N–H and O–H groups in total. The zero-order valence-corrected chi connectivity index (χ0v) is 15.9. The third-order valence-corrected chi connectivity index (χ3v) is 4.72. The predicted molar refractivity (Wildman–Crippen MR) is 99.6 cm³/mol. The van der Waals surface area contributed by atoms with Crippen LogP contribution in [-0.4, -0.2) is 39.7 Å². The molecule has 28 heavy (non-hydrogen) atoms. The Hall–Kier alpha value is -3.01. The molecule has 2 rings (SSSR count). The Morgan fingerprint density at radius 2 is 1.79 bits per heavy atom. The molecule has 0 fully saturated rings. The molecule has 10 heteroatoms. The Balaban J connectivity index is 2.26. The summed E-state index contributed by atoms with van der Waals surface area (Å²) in [6, 6.07) is 8.52. The molecule has 0 saturated heterocycles. The van der Waals surface area contributed by atoms with E-state index in [1.165, 1.54) is 12.1 Å². The molecule has 150 valence electrons. The Kier molecular flexibility index (Phi) is 6.68. The maximum absolute atomic E-state index is 13.5. The van der Waals surface area contributed by atoms with Crippen LogP contribution in [0.1, 0.15) is 17.3 Å². The van der Waals surface area contributed by atoms with Crippen LogP contribution in [0.25, 0.3) is 0 Å². The number of esters is 1. The second-order valence-corrected chi connectivity index (χ2v) is 7.59. The van der Waals surface area contributed by atoms with Gasteiger partial charge in [0.05, 0.1) is 29.8 Å². The van der Waals surface area contributed by atoms with Gasteiger partial charge in [0.25, 0.3) is 0 Å². The predicted octanol–water partition coefficient (Wildman–Crippen LogP) is 2.55. The topological polar surface area (TPSA) is 92.8 Å². The van der Waals surface area contributed by atoms with Crippen molar-refractivity contribution in [1.82, 2.24) is 0 Å². The molecule has 0 bridgehead atoms. The number of para-hydroxylation sites is 1. The second-order valence-electron chi connectivity index (χ2n) is 5.68. The third kappa shape index (κ3) is 5.26. The lowest BCUT2D eigenvalue weighted by Crippen LogP contribution is -2.37. The van der Waals surface area contributed by atoms with E-state index in [1.807, 2.05) is 0 Å². The lowest BCUT2D eigenvalue weighted by Gasteiger charge is -2.22. The summed E-state index contributed by atoms with van der Waals surface area (Å²) in [5.41, 5.74) is 0.0105. The molecule has 0 spiro atoms. The van der Waals surface area contributed by atoms with Crippen molar-refractivity contribution in [2.45, 2.75) is 6.92 Å². The SMILES string of the molecule is CCOC(=O)c1ccccc1NC(=O)CN(c1ccc(F)c(F)c1)S(C)(=O)=O. The quantitative estimate of drug-likeness (QED) is 0.706. The van der Waals surface area contributed by atoms with Crippen molar-refractivity contribution in [2.75, 3.05) is 29.0 Å². The zero-order chi connectivity index (χ0) is 20.9. The van der Waals surface area contributed by atoms with E-state index in [9.17, 15) is 26.8 Å². The highest BCUT2D eigenvalue weighted by molar-refractivity contribution is 7.92. The number of hydrogen-bond acceptors (Lipinski definition) is 5. The number of halogens is 2. The first-order valence-electron chi connectivity index (χ1n) is 8.12. The summed E-state index contributed by atoms with van der Waals surface area (Å²) in [5.74, 6) is -3.84. The van der Waals surface area contributed by atoms with Gasteiger partial charge >= 0.3 is 5.97 Å². The molecule has 1 amide bonds. The van der Waals surface area contributed by atoms with Gasteiger partial charge in [-0.25, -0.2) is 22.0 Å². The number of sulfonamides is 1. The summed E-state index contributed by atoms with van der Waals surface area (Å²) in [4.78, 5) is 24.4. The van der Waals surface area contributed by atoms with E-state index in [1.54, 1.807) is 19.1 Å². The molecule has 0 unspecified atom stereocenters. The number of rotatable bonds is 7. The van der Waals surface area contributed by atoms with Crippen LogP contribution in [0.2, 0.25) is 0 Å². The van der Waals surface area contributed by atoms with E-state index in [4.69, 9.17) is 4.74 Å². The van der Waals surface area contributed by atoms with Gasteiger partial charge < -0.3 is 10.1 Å². The number of amides is 1. The fraction of sp³-hybridized carbons (Fsp3) is 0.222. The van der Waals surface area contributed by atoms with Crippen molar-refractivity contribution in [1.29, 1.82) is 0 Å². The molecule has 0 radical (unpaired) electrons. The fourth-order valence-corrected chi connectivity index (χ4v) is 3.19. The Morgan fingerprint density at radius 3 is 2.39 bits per heavy atom. The first-order valence-corrected chi connectivity index (χ1v) is 9.97. The monoisotopic (exact) mass is 412 g/mol. The van der Waals surface area contributed by atoms with Crippen molar-refractivity contribution in [3.8, 4) is 0 Å². The highest BCUT2D eigenvalue weighted by Gasteiger charge is 2.23. The fourth-order valence-electron chi connectivity index (χ4n) is 2.34.